The summed E-state index contributed by atoms with van der Waals surface area (Å²) >= 11 is 0. The summed E-state index contributed by atoms with van der Waals surface area (Å²) in [5.74, 6) is -0.163. The lowest BCUT2D eigenvalue weighted by Gasteiger charge is -1.95. The molecular weight excluding hydrogens is 240 g/mol. The van der Waals surface area contributed by atoms with Gasteiger partial charge in [0.1, 0.15) is 12.9 Å². The van der Waals surface area contributed by atoms with E-state index in [1.807, 2.05) is 29.9 Å². The van der Waals surface area contributed by atoms with Gasteiger partial charge in [-0.05, 0) is 12.1 Å². The van der Waals surface area contributed by atoms with Crippen LogP contribution >= 0.6 is 0 Å². The molecule has 17 heavy (non-hydrogen) atoms. The maximum absolute atomic E-state index is 13.2. The second-order valence-electron chi connectivity index (χ2n) is 3.29. The molecule has 0 bridgehead atoms. The molecule has 0 aliphatic carbocycles. The molecule has 1 aromatic carbocycles. The quantitative estimate of drug-likeness (QED) is 0.383. The van der Waals surface area contributed by atoms with Crippen molar-refractivity contribution in [2.24, 2.45) is 7.05 Å². The molecule has 1 nitrogen and oxygen atoms in total. The van der Waals surface area contributed by atoms with Gasteiger partial charge >= 0.3 is 7.25 Å². The number of benzene rings is 1. The Balaban J connectivity index is 0.000000249. The first-order valence-corrected chi connectivity index (χ1v) is 4.69. The van der Waals surface area contributed by atoms with E-state index >= 15 is 0 Å². The van der Waals surface area contributed by atoms with Crippen molar-refractivity contribution in [1.82, 2.24) is 0 Å². The van der Waals surface area contributed by atoms with E-state index in [0.29, 0.717) is 5.39 Å². The number of rotatable bonds is 0. The lowest BCUT2D eigenvalue weighted by atomic mass is 10.2. The molecule has 0 spiro atoms. The van der Waals surface area contributed by atoms with E-state index in [4.69, 9.17) is 0 Å². The molecule has 0 N–H and O–H groups in total. The van der Waals surface area contributed by atoms with Crippen molar-refractivity contribution in [2.45, 2.75) is 0 Å². The van der Waals surface area contributed by atoms with Gasteiger partial charge in [-0.2, -0.15) is 0 Å². The van der Waals surface area contributed by atoms with Gasteiger partial charge in [0, 0.05) is 12.1 Å². The van der Waals surface area contributed by atoms with Gasteiger partial charge < -0.3 is 17.3 Å². The van der Waals surface area contributed by atoms with Crippen molar-refractivity contribution in [2.75, 3.05) is 0 Å². The summed E-state index contributed by atoms with van der Waals surface area (Å²) < 4.78 is 54.1. The number of nitrogens with zero attached hydrogens (tertiary/aromatic N) is 1. The van der Waals surface area contributed by atoms with E-state index in [2.05, 4.69) is 0 Å². The number of hydrogen-bond donors (Lipinski definition) is 0. The molecule has 0 amide bonds. The number of hydrogen-bond acceptors (Lipinski definition) is 0. The van der Waals surface area contributed by atoms with Crippen LogP contribution in [0.3, 0.4) is 0 Å². The van der Waals surface area contributed by atoms with Gasteiger partial charge in [-0.15, -0.1) is 0 Å². The molecule has 0 atom stereocenters. The first-order chi connectivity index (χ1) is 7.79. The molecule has 0 saturated carbocycles. The Morgan fingerprint density at radius 3 is 2.12 bits per heavy atom. The van der Waals surface area contributed by atoms with Crippen molar-refractivity contribution in [3.05, 3.63) is 42.3 Å². The number of fused-ring (bicyclic) bond motifs is 1. The van der Waals surface area contributed by atoms with Gasteiger partial charge in [0.05, 0.1) is 5.39 Å². The number of aryl methyl sites for hydroxylation is 1. The fourth-order valence-corrected chi connectivity index (χ4v) is 1.35. The summed E-state index contributed by atoms with van der Waals surface area (Å²) in [6.45, 7) is 0. The summed E-state index contributed by atoms with van der Waals surface area (Å²) in [5.41, 5.74) is 0.914. The van der Waals surface area contributed by atoms with Crippen molar-refractivity contribution < 1.29 is 26.2 Å². The average Bonchev–Trinajstić information content (AvgIpc) is 2.17. The van der Waals surface area contributed by atoms with E-state index in [-0.39, 0.29) is 5.82 Å². The Hall–Kier alpha value is -1.66. The van der Waals surface area contributed by atoms with Crippen LogP contribution in [-0.4, -0.2) is 7.25 Å². The van der Waals surface area contributed by atoms with Crippen LogP contribution in [0.15, 0.2) is 36.5 Å². The van der Waals surface area contributed by atoms with Gasteiger partial charge in [0.25, 0.3) is 0 Å². The van der Waals surface area contributed by atoms with Crippen LogP contribution in [0, 0.1) is 5.82 Å². The zero-order chi connectivity index (χ0) is 13.1. The fraction of sp³-hybridized carbons (Fsp3) is 0.100. The SMILES string of the molecule is C[n+]1cccc2c(F)cccc21.F[B-](F)(F)F. The summed E-state index contributed by atoms with van der Waals surface area (Å²) in [4.78, 5) is 0. The highest BCUT2D eigenvalue weighted by Crippen LogP contribution is 2.12. The van der Waals surface area contributed by atoms with Gasteiger partial charge in [0.15, 0.2) is 6.20 Å². The third-order valence-electron chi connectivity index (χ3n) is 1.98. The van der Waals surface area contributed by atoms with E-state index < -0.39 is 7.25 Å². The van der Waals surface area contributed by atoms with E-state index in [1.54, 1.807) is 12.1 Å². The van der Waals surface area contributed by atoms with Crippen LogP contribution in [0.1, 0.15) is 0 Å². The standard InChI is InChI=1S/C10H9FN.BF4/c1-12-7-3-4-8-9(11)5-2-6-10(8)12;2-1(3,4)5/h2-7H,1H3;/q+1;-1. The molecular formula is C10H9BF5N. The molecule has 0 saturated heterocycles. The third-order valence-corrected chi connectivity index (χ3v) is 1.98. The predicted octanol–water partition coefficient (Wildman–Crippen LogP) is 3.10. The van der Waals surface area contributed by atoms with E-state index in [9.17, 15) is 21.7 Å². The minimum atomic E-state index is -6.00. The summed E-state index contributed by atoms with van der Waals surface area (Å²) in [5, 5.41) is 0.669. The van der Waals surface area contributed by atoms with Crippen LogP contribution in [0.25, 0.3) is 10.9 Å². The molecule has 2 aromatic rings. The maximum Gasteiger partial charge on any atom is 0.673 e. The number of aromatic nitrogens is 1. The molecule has 0 aliphatic heterocycles. The molecule has 0 aliphatic rings. The minimum absolute atomic E-state index is 0.163. The van der Waals surface area contributed by atoms with Crippen molar-refractivity contribution in [1.29, 1.82) is 0 Å². The summed E-state index contributed by atoms with van der Waals surface area (Å²) in [7, 11) is -4.10. The Morgan fingerprint density at radius 2 is 1.59 bits per heavy atom. The van der Waals surface area contributed by atoms with Gasteiger partial charge in [-0.3, -0.25) is 0 Å². The predicted molar refractivity (Wildman–Crippen MR) is 55.3 cm³/mol. The largest absolute Gasteiger partial charge is 0.673 e. The second-order valence-corrected chi connectivity index (χ2v) is 3.29. The number of halogens is 5. The molecule has 2 rings (SSSR count). The third kappa shape index (κ3) is 4.38. The van der Waals surface area contributed by atoms with Crippen LogP contribution < -0.4 is 4.57 Å². The van der Waals surface area contributed by atoms with Crippen molar-refractivity contribution in [3.8, 4) is 0 Å². The Labute approximate surface area is 94.6 Å². The average molecular weight is 249 g/mol. The lowest BCUT2D eigenvalue weighted by Crippen LogP contribution is -2.27. The molecule has 7 heteroatoms. The van der Waals surface area contributed by atoms with Gasteiger partial charge in [0.2, 0.25) is 5.52 Å². The van der Waals surface area contributed by atoms with Gasteiger partial charge in [-0.1, -0.05) is 6.07 Å². The van der Waals surface area contributed by atoms with Crippen LogP contribution in [0.4, 0.5) is 21.7 Å². The molecule has 1 aromatic heterocycles. The summed E-state index contributed by atoms with van der Waals surface area (Å²) in [6, 6.07) is 8.72. The highest BCUT2D eigenvalue weighted by Gasteiger charge is 2.20. The number of pyridine rings is 1. The first kappa shape index (κ1) is 13.4. The summed E-state index contributed by atoms with van der Waals surface area (Å²) in [6.07, 6.45) is 1.90. The van der Waals surface area contributed by atoms with Crippen molar-refractivity contribution in [3.63, 3.8) is 0 Å². The first-order valence-electron chi connectivity index (χ1n) is 4.69. The monoisotopic (exact) mass is 249 g/mol. The fourth-order valence-electron chi connectivity index (χ4n) is 1.35. The molecule has 0 fully saturated rings. The molecule has 0 unspecified atom stereocenters. The highest BCUT2D eigenvalue weighted by atomic mass is 19.5. The highest BCUT2D eigenvalue weighted by molar-refractivity contribution is 6.50. The van der Waals surface area contributed by atoms with Gasteiger partial charge in [-0.25, -0.2) is 8.96 Å². The maximum atomic E-state index is 13.2. The molecule has 0 radical (unpaired) electrons. The van der Waals surface area contributed by atoms with Crippen LogP contribution in [0.5, 0.6) is 0 Å². The molecule has 92 valence electrons. The van der Waals surface area contributed by atoms with E-state index in [0.717, 1.165) is 5.52 Å². The lowest BCUT2D eigenvalue weighted by molar-refractivity contribution is -0.644. The Kier molecular flexibility index (Phi) is 4.04. The van der Waals surface area contributed by atoms with E-state index in [1.165, 1.54) is 6.07 Å². The molecule has 1 heterocycles. The zero-order valence-corrected chi connectivity index (χ0v) is 8.88. The Bertz CT molecular complexity index is 464. The smallest absolute Gasteiger partial charge is 0.418 e. The van der Waals surface area contributed by atoms with Crippen LogP contribution in [0.2, 0.25) is 0 Å². The normalized spacial score (nSPS) is 10.9. The second kappa shape index (κ2) is 5.12. The van der Waals surface area contributed by atoms with Crippen molar-refractivity contribution >= 4 is 18.2 Å². The topological polar surface area (TPSA) is 3.88 Å². The Morgan fingerprint density at radius 1 is 1.00 bits per heavy atom. The van der Waals surface area contributed by atoms with Crippen LogP contribution in [-0.2, 0) is 7.05 Å². The minimum Gasteiger partial charge on any atom is -0.418 e. The zero-order valence-electron chi connectivity index (χ0n) is 8.88.